The van der Waals surface area contributed by atoms with Crippen molar-refractivity contribution in [2.24, 2.45) is 0 Å². The molecule has 1 amide bonds. The lowest BCUT2D eigenvalue weighted by molar-refractivity contribution is -0.117. The zero-order valence-electron chi connectivity index (χ0n) is 18.6. The van der Waals surface area contributed by atoms with E-state index in [1.165, 1.54) is 0 Å². The maximum atomic E-state index is 12.6. The van der Waals surface area contributed by atoms with Crippen LogP contribution in [-0.2, 0) is 4.79 Å². The topological polar surface area (TPSA) is 79.8 Å². The lowest BCUT2D eigenvalue weighted by Crippen LogP contribution is -2.49. The van der Waals surface area contributed by atoms with Crippen LogP contribution in [0.5, 0.6) is 11.5 Å². The van der Waals surface area contributed by atoms with E-state index in [-0.39, 0.29) is 5.91 Å². The fourth-order valence-electron chi connectivity index (χ4n) is 3.77. The number of hydrogen-bond donors (Lipinski definition) is 1. The van der Waals surface area contributed by atoms with E-state index >= 15 is 0 Å². The third kappa shape index (κ3) is 5.44. The smallest absolute Gasteiger partial charge is 0.238 e. The summed E-state index contributed by atoms with van der Waals surface area (Å²) in [6.45, 7) is 11.2. The summed E-state index contributed by atoms with van der Waals surface area (Å²) in [5, 5.41) is 2.98. The highest BCUT2D eigenvalue weighted by atomic mass is 16.5. The second-order valence-electron chi connectivity index (χ2n) is 8.40. The average Bonchev–Trinajstić information content (AvgIpc) is 2.99. The Morgan fingerprint density at radius 1 is 1.06 bits per heavy atom. The molecule has 0 bridgehead atoms. The Balaban J connectivity index is 1.30. The van der Waals surface area contributed by atoms with Gasteiger partial charge in [-0.2, -0.15) is 0 Å². The van der Waals surface area contributed by atoms with Gasteiger partial charge in [-0.25, -0.2) is 9.97 Å². The van der Waals surface area contributed by atoms with Gasteiger partial charge in [-0.1, -0.05) is 13.8 Å². The number of benzene rings is 1. The normalized spacial score (nSPS) is 16.8. The summed E-state index contributed by atoms with van der Waals surface area (Å²) >= 11 is 0. The van der Waals surface area contributed by atoms with Crippen molar-refractivity contribution < 1.29 is 14.3 Å². The van der Waals surface area contributed by atoms with Crippen LogP contribution >= 0.6 is 0 Å². The van der Waals surface area contributed by atoms with Crippen LogP contribution in [0.2, 0.25) is 0 Å². The number of rotatable bonds is 5. The zero-order valence-corrected chi connectivity index (χ0v) is 18.6. The molecule has 1 aromatic carbocycles. The predicted octanol–water partition coefficient (Wildman–Crippen LogP) is 2.83. The van der Waals surface area contributed by atoms with Crippen LogP contribution in [0.25, 0.3) is 0 Å². The molecule has 4 rings (SSSR count). The molecule has 166 valence electrons. The highest BCUT2D eigenvalue weighted by molar-refractivity contribution is 5.92. The first-order valence-electron chi connectivity index (χ1n) is 11.0. The molecular formula is C23H31N5O3. The summed E-state index contributed by atoms with van der Waals surface area (Å²) in [5.41, 5.74) is 1.72. The van der Waals surface area contributed by atoms with Gasteiger partial charge in [0.2, 0.25) is 5.91 Å². The van der Waals surface area contributed by atoms with Gasteiger partial charge >= 0.3 is 0 Å². The molecule has 31 heavy (non-hydrogen) atoms. The minimum atomic E-state index is -0.0251. The zero-order chi connectivity index (χ0) is 21.8. The molecule has 1 N–H and O–H groups in total. The first-order chi connectivity index (χ1) is 15.0. The molecule has 0 aliphatic carbocycles. The summed E-state index contributed by atoms with van der Waals surface area (Å²) in [7, 11) is 0. The maximum Gasteiger partial charge on any atom is 0.238 e. The van der Waals surface area contributed by atoms with E-state index < -0.39 is 0 Å². The fraction of sp³-hybridized carbons (Fsp3) is 0.522. The highest BCUT2D eigenvalue weighted by Gasteiger charge is 2.21. The predicted molar refractivity (Wildman–Crippen MR) is 120 cm³/mol. The first kappa shape index (κ1) is 21.4. The van der Waals surface area contributed by atoms with Gasteiger partial charge in [-0.15, -0.1) is 0 Å². The average molecular weight is 426 g/mol. The van der Waals surface area contributed by atoms with Crippen molar-refractivity contribution in [1.82, 2.24) is 14.9 Å². The lowest BCUT2D eigenvalue weighted by atomic mass is 10.2. The SMILES string of the molecule is Cc1cc(N2CCN(CC(=O)Nc3ccc4c(c3)OCCCO4)CC2)nc(C(C)C)n1. The number of nitrogens with zero attached hydrogens (tertiary/aromatic N) is 4. The van der Waals surface area contributed by atoms with Crippen molar-refractivity contribution >= 4 is 17.4 Å². The van der Waals surface area contributed by atoms with E-state index in [1.807, 2.05) is 31.2 Å². The van der Waals surface area contributed by atoms with E-state index in [0.29, 0.717) is 31.4 Å². The van der Waals surface area contributed by atoms with E-state index in [4.69, 9.17) is 14.5 Å². The second-order valence-corrected chi connectivity index (χ2v) is 8.40. The molecular weight excluding hydrogens is 394 g/mol. The summed E-state index contributed by atoms with van der Waals surface area (Å²) in [5.74, 6) is 3.55. The van der Waals surface area contributed by atoms with Gasteiger partial charge in [0, 0.05) is 62.0 Å². The maximum absolute atomic E-state index is 12.6. The Hall–Kier alpha value is -2.87. The number of amides is 1. The van der Waals surface area contributed by atoms with Crippen molar-refractivity contribution in [3.63, 3.8) is 0 Å². The molecule has 1 saturated heterocycles. The number of anilines is 2. The standard InChI is InChI=1S/C23H31N5O3/c1-16(2)23-24-17(3)13-21(26-23)28-9-7-27(8-10-28)15-22(29)25-18-5-6-19-20(14-18)31-12-4-11-30-19/h5-6,13-14,16H,4,7-12,15H2,1-3H3,(H,25,29). The molecule has 3 heterocycles. The monoisotopic (exact) mass is 425 g/mol. The van der Waals surface area contributed by atoms with Crippen molar-refractivity contribution in [3.8, 4) is 11.5 Å². The number of carbonyl (C=O) groups excluding carboxylic acids is 1. The van der Waals surface area contributed by atoms with E-state index in [9.17, 15) is 4.79 Å². The molecule has 0 spiro atoms. The van der Waals surface area contributed by atoms with Crippen LogP contribution in [0.4, 0.5) is 11.5 Å². The third-order valence-corrected chi connectivity index (χ3v) is 5.47. The van der Waals surface area contributed by atoms with Gasteiger partial charge in [0.25, 0.3) is 0 Å². The number of aryl methyl sites for hydroxylation is 1. The Labute approximate surface area is 183 Å². The largest absolute Gasteiger partial charge is 0.490 e. The number of piperazine rings is 1. The Bertz CT molecular complexity index is 925. The van der Waals surface area contributed by atoms with Crippen molar-refractivity contribution in [3.05, 3.63) is 35.8 Å². The van der Waals surface area contributed by atoms with Crippen LogP contribution < -0.4 is 19.7 Å². The fourth-order valence-corrected chi connectivity index (χ4v) is 3.77. The van der Waals surface area contributed by atoms with E-state index in [1.54, 1.807) is 0 Å². The number of carbonyl (C=O) groups is 1. The van der Waals surface area contributed by atoms with E-state index in [0.717, 1.165) is 61.4 Å². The quantitative estimate of drug-likeness (QED) is 0.789. The van der Waals surface area contributed by atoms with Crippen molar-refractivity contribution in [2.75, 3.05) is 56.2 Å². The van der Waals surface area contributed by atoms with Crippen LogP contribution in [0.3, 0.4) is 0 Å². The minimum absolute atomic E-state index is 0.0251. The van der Waals surface area contributed by atoms with Gasteiger partial charge in [-0.3, -0.25) is 9.69 Å². The van der Waals surface area contributed by atoms with Gasteiger partial charge in [0.15, 0.2) is 11.5 Å². The Kier molecular flexibility index (Phi) is 6.56. The lowest BCUT2D eigenvalue weighted by Gasteiger charge is -2.35. The van der Waals surface area contributed by atoms with Gasteiger partial charge in [-0.05, 0) is 19.1 Å². The van der Waals surface area contributed by atoms with Crippen LogP contribution in [0.15, 0.2) is 24.3 Å². The Morgan fingerprint density at radius 2 is 1.81 bits per heavy atom. The molecule has 8 nitrogen and oxygen atoms in total. The van der Waals surface area contributed by atoms with Crippen LogP contribution in [0, 0.1) is 6.92 Å². The van der Waals surface area contributed by atoms with Gasteiger partial charge in [0.05, 0.1) is 19.8 Å². The number of aromatic nitrogens is 2. The van der Waals surface area contributed by atoms with Gasteiger partial charge in [0.1, 0.15) is 11.6 Å². The molecule has 1 aromatic heterocycles. The molecule has 2 aliphatic rings. The second kappa shape index (κ2) is 9.51. The summed E-state index contributed by atoms with van der Waals surface area (Å²) in [6.07, 6.45) is 0.857. The molecule has 2 aliphatic heterocycles. The molecule has 2 aromatic rings. The molecule has 0 atom stereocenters. The highest BCUT2D eigenvalue weighted by Crippen LogP contribution is 2.32. The van der Waals surface area contributed by atoms with Crippen molar-refractivity contribution in [2.45, 2.75) is 33.1 Å². The molecule has 0 saturated carbocycles. The number of hydrogen-bond acceptors (Lipinski definition) is 7. The molecule has 0 radical (unpaired) electrons. The number of ether oxygens (including phenoxy) is 2. The van der Waals surface area contributed by atoms with Crippen LogP contribution in [-0.4, -0.2) is 66.7 Å². The molecule has 0 unspecified atom stereocenters. The summed E-state index contributed by atoms with van der Waals surface area (Å²) in [6, 6.07) is 7.58. The molecule has 1 fully saturated rings. The summed E-state index contributed by atoms with van der Waals surface area (Å²) < 4.78 is 11.3. The number of fused-ring (bicyclic) bond motifs is 1. The van der Waals surface area contributed by atoms with Crippen molar-refractivity contribution in [1.29, 1.82) is 0 Å². The summed E-state index contributed by atoms with van der Waals surface area (Å²) in [4.78, 5) is 26.3. The minimum Gasteiger partial charge on any atom is -0.490 e. The van der Waals surface area contributed by atoms with Crippen LogP contribution in [0.1, 0.15) is 37.7 Å². The van der Waals surface area contributed by atoms with Gasteiger partial charge < -0.3 is 19.7 Å². The van der Waals surface area contributed by atoms with E-state index in [2.05, 4.69) is 33.9 Å². The Morgan fingerprint density at radius 3 is 2.55 bits per heavy atom. The third-order valence-electron chi connectivity index (χ3n) is 5.47. The number of nitrogens with one attached hydrogen (secondary N) is 1. The first-order valence-corrected chi connectivity index (χ1v) is 11.0. The molecule has 8 heteroatoms.